The first-order chi connectivity index (χ1) is 13.0. The normalized spacial score (nSPS) is 11.0. The Morgan fingerprint density at radius 3 is 2.48 bits per heavy atom. The van der Waals surface area contributed by atoms with E-state index in [2.05, 4.69) is 58.1 Å². The van der Waals surface area contributed by atoms with Gasteiger partial charge in [0.15, 0.2) is 0 Å². The molecule has 0 atom stereocenters. The number of benzene rings is 2. The number of aromatic nitrogens is 2. The summed E-state index contributed by atoms with van der Waals surface area (Å²) in [5.41, 5.74) is 6.12. The van der Waals surface area contributed by atoms with Crippen LogP contribution in [-0.4, -0.2) is 23.5 Å². The average Bonchev–Trinajstić information content (AvgIpc) is 2.99. The summed E-state index contributed by atoms with van der Waals surface area (Å²) < 4.78 is 2.09. The summed E-state index contributed by atoms with van der Waals surface area (Å²) >= 11 is 6.17. The number of nitrogens with one attached hydrogen (secondary N) is 1. The van der Waals surface area contributed by atoms with Crippen molar-refractivity contribution in [2.45, 2.75) is 6.92 Å². The Hall–Kier alpha value is -2.98. The van der Waals surface area contributed by atoms with E-state index in [0.29, 0.717) is 5.02 Å². The Kier molecular flexibility index (Phi) is 4.50. The first kappa shape index (κ1) is 17.4. The third-order valence-electron chi connectivity index (χ3n) is 4.51. The summed E-state index contributed by atoms with van der Waals surface area (Å²) in [7, 11) is 4.07. The minimum atomic E-state index is 0.696. The number of anilines is 3. The predicted molar refractivity (Wildman–Crippen MR) is 114 cm³/mol. The smallest absolute Gasteiger partial charge is 0.143 e. The minimum absolute atomic E-state index is 0.696. The van der Waals surface area contributed by atoms with Crippen LogP contribution in [0.2, 0.25) is 5.02 Å². The predicted octanol–water partition coefficient (Wildman–Crippen LogP) is 5.77. The molecule has 27 heavy (non-hydrogen) atoms. The molecule has 0 saturated heterocycles. The molecule has 0 unspecified atom stereocenters. The van der Waals surface area contributed by atoms with Crippen LogP contribution in [0, 0.1) is 6.92 Å². The van der Waals surface area contributed by atoms with E-state index in [0.717, 1.165) is 34.1 Å². The van der Waals surface area contributed by atoms with Crippen molar-refractivity contribution >= 4 is 34.4 Å². The molecule has 0 bridgehead atoms. The van der Waals surface area contributed by atoms with Crippen LogP contribution < -0.4 is 10.2 Å². The Labute approximate surface area is 164 Å². The lowest BCUT2D eigenvalue weighted by Crippen LogP contribution is -2.07. The monoisotopic (exact) mass is 376 g/mol. The van der Waals surface area contributed by atoms with E-state index in [4.69, 9.17) is 16.6 Å². The van der Waals surface area contributed by atoms with Crippen LogP contribution >= 0.6 is 11.6 Å². The lowest BCUT2D eigenvalue weighted by atomic mass is 10.1. The molecular weight excluding hydrogens is 356 g/mol. The maximum Gasteiger partial charge on any atom is 0.143 e. The van der Waals surface area contributed by atoms with Crippen molar-refractivity contribution in [2.75, 3.05) is 24.3 Å². The van der Waals surface area contributed by atoms with Gasteiger partial charge >= 0.3 is 0 Å². The SMILES string of the molecule is Cc1ccc2nc(-c3ccc(N(C)C)cc3)c(Nc3cccc(Cl)c3)n2c1. The second kappa shape index (κ2) is 6.97. The standard InChI is InChI=1S/C22H21ClN4/c1-15-7-12-20-25-21(16-8-10-19(11-9-16)26(2)3)22(27(20)14-15)24-18-6-4-5-17(23)13-18/h4-14,24H,1-3H3. The summed E-state index contributed by atoms with van der Waals surface area (Å²) in [5.74, 6) is 0.925. The summed E-state index contributed by atoms with van der Waals surface area (Å²) in [6.07, 6.45) is 2.09. The molecule has 0 aliphatic heterocycles. The molecule has 0 aliphatic carbocycles. The molecule has 0 fully saturated rings. The van der Waals surface area contributed by atoms with E-state index in [9.17, 15) is 0 Å². The fourth-order valence-corrected chi connectivity index (χ4v) is 3.28. The van der Waals surface area contributed by atoms with Crippen LogP contribution in [-0.2, 0) is 0 Å². The highest BCUT2D eigenvalue weighted by Crippen LogP contribution is 2.32. The largest absolute Gasteiger partial charge is 0.378 e. The van der Waals surface area contributed by atoms with Crippen molar-refractivity contribution < 1.29 is 0 Å². The Bertz CT molecular complexity index is 1100. The molecule has 4 nitrogen and oxygen atoms in total. The van der Waals surface area contributed by atoms with Crippen LogP contribution in [0.3, 0.4) is 0 Å². The quantitative estimate of drug-likeness (QED) is 0.490. The van der Waals surface area contributed by atoms with Crippen molar-refractivity contribution in [3.8, 4) is 11.3 Å². The van der Waals surface area contributed by atoms with Gasteiger partial charge in [-0.05, 0) is 48.9 Å². The van der Waals surface area contributed by atoms with Crippen LogP contribution in [0.5, 0.6) is 0 Å². The van der Waals surface area contributed by atoms with Crippen molar-refractivity contribution in [2.24, 2.45) is 0 Å². The maximum atomic E-state index is 6.17. The van der Waals surface area contributed by atoms with Gasteiger partial charge < -0.3 is 10.2 Å². The van der Waals surface area contributed by atoms with Gasteiger partial charge in [-0.25, -0.2) is 4.98 Å². The first-order valence-corrected chi connectivity index (χ1v) is 9.18. The van der Waals surface area contributed by atoms with E-state index < -0.39 is 0 Å². The van der Waals surface area contributed by atoms with Gasteiger partial charge in [0.2, 0.25) is 0 Å². The van der Waals surface area contributed by atoms with Crippen molar-refractivity contribution in [3.63, 3.8) is 0 Å². The zero-order valence-electron chi connectivity index (χ0n) is 15.6. The van der Waals surface area contributed by atoms with Gasteiger partial charge in [0.1, 0.15) is 17.2 Å². The number of imidazole rings is 1. The highest BCUT2D eigenvalue weighted by atomic mass is 35.5. The molecule has 2 aromatic heterocycles. The molecule has 0 radical (unpaired) electrons. The fourth-order valence-electron chi connectivity index (χ4n) is 3.09. The molecule has 136 valence electrons. The average molecular weight is 377 g/mol. The first-order valence-electron chi connectivity index (χ1n) is 8.80. The molecule has 2 aromatic carbocycles. The van der Waals surface area contributed by atoms with Gasteiger partial charge in [-0.1, -0.05) is 35.9 Å². The van der Waals surface area contributed by atoms with Crippen molar-refractivity contribution in [1.82, 2.24) is 9.38 Å². The summed E-state index contributed by atoms with van der Waals surface area (Å²) in [5, 5.41) is 4.20. The lowest BCUT2D eigenvalue weighted by Gasteiger charge is -2.13. The molecule has 1 N–H and O–H groups in total. The maximum absolute atomic E-state index is 6.17. The molecule has 0 aliphatic rings. The van der Waals surface area contributed by atoms with E-state index in [-0.39, 0.29) is 0 Å². The number of halogens is 1. The van der Waals surface area contributed by atoms with Gasteiger partial charge in [0.25, 0.3) is 0 Å². The molecular formula is C22H21ClN4. The van der Waals surface area contributed by atoms with Crippen molar-refractivity contribution in [3.05, 3.63) is 77.4 Å². The highest BCUT2D eigenvalue weighted by molar-refractivity contribution is 6.30. The molecule has 0 amide bonds. The van der Waals surface area contributed by atoms with E-state index >= 15 is 0 Å². The molecule has 5 heteroatoms. The summed E-state index contributed by atoms with van der Waals surface area (Å²) in [6.45, 7) is 2.08. The number of fused-ring (bicyclic) bond motifs is 1. The molecule has 4 aromatic rings. The van der Waals surface area contributed by atoms with Gasteiger partial charge in [-0.3, -0.25) is 4.40 Å². The fraction of sp³-hybridized carbons (Fsp3) is 0.136. The number of pyridine rings is 1. The lowest BCUT2D eigenvalue weighted by molar-refractivity contribution is 1.13. The summed E-state index contributed by atoms with van der Waals surface area (Å²) in [6, 6.07) is 20.2. The molecule has 0 saturated carbocycles. The zero-order valence-corrected chi connectivity index (χ0v) is 16.3. The summed E-state index contributed by atoms with van der Waals surface area (Å²) in [4.78, 5) is 6.96. The van der Waals surface area contributed by atoms with Gasteiger partial charge in [-0.15, -0.1) is 0 Å². The molecule has 2 heterocycles. The van der Waals surface area contributed by atoms with Crippen LogP contribution in [0.4, 0.5) is 17.2 Å². The second-order valence-electron chi connectivity index (χ2n) is 6.82. The van der Waals surface area contributed by atoms with Gasteiger partial charge in [0, 0.05) is 42.3 Å². The highest BCUT2D eigenvalue weighted by Gasteiger charge is 2.15. The minimum Gasteiger partial charge on any atom is -0.378 e. The van der Waals surface area contributed by atoms with Crippen molar-refractivity contribution in [1.29, 1.82) is 0 Å². The third kappa shape index (κ3) is 3.49. The number of hydrogen-bond acceptors (Lipinski definition) is 3. The topological polar surface area (TPSA) is 32.6 Å². The second-order valence-corrected chi connectivity index (χ2v) is 7.26. The van der Waals surface area contributed by atoms with E-state index in [1.165, 1.54) is 5.56 Å². The van der Waals surface area contributed by atoms with Crippen LogP contribution in [0.15, 0.2) is 66.9 Å². The Morgan fingerprint density at radius 1 is 1.00 bits per heavy atom. The Balaban J connectivity index is 1.86. The van der Waals surface area contributed by atoms with Gasteiger partial charge in [0.05, 0.1) is 0 Å². The van der Waals surface area contributed by atoms with Crippen LogP contribution in [0.1, 0.15) is 5.56 Å². The van der Waals surface area contributed by atoms with E-state index in [1.807, 2.05) is 44.4 Å². The molecule has 4 rings (SSSR count). The number of nitrogens with zero attached hydrogens (tertiary/aromatic N) is 3. The zero-order chi connectivity index (χ0) is 19.0. The number of aryl methyl sites for hydroxylation is 1. The Morgan fingerprint density at radius 2 is 1.78 bits per heavy atom. The van der Waals surface area contributed by atoms with Crippen LogP contribution in [0.25, 0.3) is 16.9 Å². The van der Waals surface area contributed by atoms with Gasteiger partial charge in [-0.2, -0.15) is 0 Å². The number of rotatable bonds is 4. The number of hydrogen-bond donors (Lipinski definition) is 1. The molecule has 0 spiro atoms. The third-order valence-corrected chi connectivity index (χ3v) is 4.75. The van der Waals surface area contributed by atoms with E-state index in [1.54, 1.807) is 0 Å².